The largest absolute Gasteiger partial charge is 0.452 e. The molecule has 0 saturated carbocycles. The summed E-state index contributed by atoms with van der Waals surface area (Å²) in [4.78, 5) is 5.56. The molecule has 0 radical (unpaired) electrons. The average molecular weight is 665 g/mol. The van der Waals surface area contributed by atoms with Crippen LogP contribution in [0.5, 0.6) is 0 Å². The summed E-state index contributed by atoms with van der Waals surface area (Å²) in [5.74, 6) is 1.61. The van der Waals surface area contributed by atoms with Gasteiger partial charge < -0.3 is 8.98 Å². The van der Waals surface area contributed by atoms with Crippen molar-refractivity contribution in [2.45, 2.75) is 0 Å². The van der Waals surface area contributed by atoms with Gasteiger partial charge in [-0.2, -0.15) is 0 Å². The molecule has 12 rings (SSSR count). The third-order valence-corrected chi connectivity index (χ3v) is 10.8. The van der Waals surface area contributed by atoms with Crippen LogP contribution < -0.4 is 0 Å². The standard InChI is InChI=1S/C47H28N4O/c1-7-19-38-30(13-1)31-14-2-8-20-39(31)49(38)29-25-26-43-36(27-29)34-17-5-11-23-42(34)51(43)47-46-37(35-18-6-12-24-44(35)52-46)28-45(48-47)50-40-21-9-3-15-32(40)33-16-4-10-22-41(33)50/h1-28H. The van der Waals surface area contributed by atoms with E-state index in [2.05, 4.69) is 171 Å². The first kappa shape index (κ1) is 27.7. The minimum atomic E-state index is 0.764. The monoisotopic (exact) mass is 664 g/mol. The molecular weight excluding hydrogens is 637 g/mol. The Hall–Kier alpha value is -7.11. The van der Waals surface area contributed by atoms with Crippen LogP contribution in [0.3, 0.4) is 0 Å². The topological polar surface area (TPSA) is 40.8 Å². The number of para-hydroxylation sites is 6. The first-order valence-corrected chi connectivity index (χ1v) is 17.6. The van der Waals surface area contributed by atoms with Crippen molar-refractivity contribution in [2.75, 3.05) is 0 Å². The lowest BCUT2D eigenvalue weighted by Gasteiger charge is -2.13. The van der Waals surface area contributed by atoms with Crippen molar-refractivity contribution < 1.29 is 4.42 Å². The molecule has 0 aliphatic heterocycles. The molecule has 0 unspecified atom stereocenters. The molecule has 0 spiro atoms. The molecule has 0 bridgehead atoms. The number of aromatic nitrogens is 4. The predicted molar refractivity (Wildman–Crippen MR) is 215 cm³/mol. The van der Waals surface area contributed by atoms with Crippen molar-refractivity contribution in [2.24, 2.45) is 0 Å². The molecule has 5 nitrogen and oxygen atoms in total. The van der Waals surface area contributed by atoms with Crippen LogP contribution in [0.4, 0.5) is 0 Å². The van der Waals surface area contributed by atoms with E-state index < -0.39 is 0 Å². The van der Waals surface area contributed by atoms with Crippen LogP contribution in [0.2, 0.25) is 0 Å². The molecule has 0 aliphatic carbocycles. The molecule has 0 atom stereocenters. The predicted octanol–water partition coefficient (Wildman–Crippen LogP) is 12.3. The summed E-state index contributed by atoms with van der Waals surface area (Å²) in [7, 11) is 0. The van der Waals surface area contributed by atoms with E-state index >= 15 is 0 Å². The maximum Gasteiger partial charge on any atom is 0.183 e. The minimum Gasteiger partial charge on any atom is -0.452 e. The quantitative estimate of drug-likeness (QED) is 0.189. The molecule has 0 amide bonds. The lowest BCUT2D eigenvalue weighted by Crippen LogP contribution is -2.04. The first-order chi connectivity index (χ1) is 25.8. The molecule has 242 valence electrons. The Balaban J connectivity index is 1.20. The van der Waals surface area contributed by atoms with E-state index in [0.717, 1.165) is 72.1 Å². The van der Waals surface area contributed by atoms with E-state index in [1.807, 2.05) is 12.1 Å². The molecule has 0 aliphatic rings. The summed E-state index contributed by atoms with van der Waals surface area (Å²) in [6.45, 7) is 0. The SMILES string of the molecule is c1ccc2c(c1)oc1c(-n3c4ccccc4c4cc(-n5c6ccccc6c6ccccc65)ccc43)nc(-n3c4ccccc4c4ccccc43)cc12. The normalized spacial score (nSPS) is 12.2. The zero-order valence-corrected chi connectivity index (χ0v) is 27.9. The number of benzene rings is 7. The van der Waals surface area contributed by atoms with Crippen LogP contribution in [-0.2, 0) is 0 Å². The summed E-state index contributed by atoms with van der Waals surface area (Å²) < 4.78 is 13.7. The Bertz CT molecular complexity index is 3320. The Labute approximate surface area is 296 Å². The van der Waals surface area contributed by atoms with Gasteiger partial charge in [-0.3, -0.25) is 9.13 Å². The lowest BCUT2D eigenvalue weighted by molar-refractivity contribution is 0.663. The second kappa shape index (κ2) is 10.2. The second-order valence-electron chi connectivity index (χ2n) is 13.6. The van der Waals surface area contributed by atoms with Crippen LogP contribution in [-0.4, -0.2) is 18.7 Å². The van der Waals surface area contributed by atoms with E-state index in [4.69, 9.17) is 9.40 Å². The average Bonchev–Trinajstić information content (AvgIpc) is 3.94. The number of rotatable bonds is 3. The third-order valence-electron chi connectivity index (χ3n) is 10.8. The Morgan fingerprint density at radius 2 is 0.788 bits per heavy atom. The van der Waals surface area contributed by atoms with E-state index in [0.29, 0.717) is 0 Å². The van der Waals surface area contributed by atoms with Gasteiger partial charge >= 0.3 is 0 Å². The summed E-state index contributed by atoms with van der Waals surface area (Å²) in [5.41, 5.74) is 9.49. The maximum atomic E-state index is 6.73. The van der Waals surface area contributed by atoms with Gasteiger partial charge in [0.2, 0.25) is 0 Å². The molecule has 0 N–H and O–H groups in total. The molecular formula is C47H28N4O. The van der Waals surface area contributed by atoms with E-state index in [9.17, 15) is 0 Å². The minimum absolute atomic E-state index is 0.764. The highest BCUT2D eigenvalue weighted by molar-refractivity contribution is 6.15. The summed E-state index contributed by atoms with van der Waals surface area (Å²) in [5, 5.41) is 9.32. The van der Waals surface area contributed by atoms with E-state index in [-0.39, 0.29) is 0 Å². The van der Waals surface area contributed by atoms with Gasteiger partial charge in [0, 0.05) is 48.8 Å². The van der Waals surface area contributed by atoms with Crippen LogP contribution in [0.25, 0.3) is 105 Å². The van der Waals surface area contributed by atoms with E-state index in [1.54, 1.807) is 0 Å². The summed E-state index contributed by atoms with van der Waals surface area (Å²) >= 11 is 0. The van der Waals surface area contributed by atoms with Gasteiger partial charge in [0.25, 0.3) is 0 Å². The smallest absolute Gasteiger partial charge is 0.183 e. The van der Waals surface area contributed by atoms with Crippen molar-refractivity contribution in [1.29, 1.82) is 0 Å². The third kappa shape index (κ3) is 3.64. The highest BCUT2D eigenvalue weighted by Crippen LogP contribution is 2.41. The molecule has 5 heterocycles. The zero-order chi connectivity index (χ0) is 33.9. The number of hydrogen-bond acceptors (Lipinski definition) is 2. The molecule has 5 heteroatoms. The molecule has 0 saturated heterocycles. The van der Waals surface area contributed by atoms with Gasteiger partial charge in [-0.25, -0.2) is 4.98 Å². The van der Waals surface area contributed by atoms with Gasteiger partial charge in [0.05, 0.1) is 33.1 Å². The zero-order valence-electron chi connectivity index (χ0n) is 27.9. The van der Waals surface area contributed by atoms with Crippen molar-refractivity contribution >= 4 is 87.4 Å². The summed E-state index contributed by atoms with van der Waals surface area (Å²) in [6, 6.07) is 60.5. The fourth-order valence-electron chi connectivity index (χ4n) is 8.66. The van der Waals surface area contributed by atoms with Crippen molar-refractivity contribution in [3.05, 3.63) is 170 Å². The number of hydrogen-bond donors (Lipinski definition) is 0. The molecule has 0 fully saturated rings. The van der Waals surface area contributed by atoms with Gasteiger partial charge in [-0.05, 0) is 60.7 Å². The van der Waals surface area contributed by atoms with Crippen LogP contribution in [0.1, 0.15) is 0 Å². The van der Waals surface area contributed by atoms with Crippen LogP contribution in [0, 0.1) is 0 Å². The van der Waals surface area contributed by atoms with Gasteiger partial charge in [-0.1, -0.05) is 109 Å². The first-order valence-electron chi connectivity index (χ1n) is 17.6. The van der Waals surface area contributed by atoms with E-state index in [1.165, 1.54) is 32.6 Å². The van der Waals surface area contributed by atoms with Crippen LogP contribution >= 0.6 is 0 Å². The Morgan fingerprint density at radius 1 is 0.346 bits per heavy atom. The van der Waals surface area contributed by atoms with Gasteiger partial charge in [0.15, 0.2) is 11.4 Å². The Morgan fingerprint density at radius 3 is 1.37 bits per heavy atom. The number of nitrogens with zero attached hydrogens (tertiary/aromatic N) is 4. The van der Waals surface area contributed by atoms with Crippen molar-refractivity contribution in [3.8, 4) is 17.3 Å². The molecule has 7 aromatic carbocycles. The molecule has 5 aromatic heterocycles. The van der Waals surface area contributed by atoms with Crippen molar-refractivity contribution in [3.63, 3.8) is 0 Å². The highest BCUT2D eigenvalue weighted by atomic mass is 16.3. The lowest BCUT2D eigenvalue weighted by atomic mass is 10.1. The highest BCUT2D eigenvalue weighted by Gasteiger charge is 2.23. The van der Waals surface area contributed by atoms with Crippen molar-refractivity contribution in [1.82, 2.24) is 18.7 Å². The second-order valence-corrected chi connectivity index (χ2v) is 13.6. The number of pyridine rings is 1. The number of furan rings is 1. The maximum absolute atomic E-state index is 6.73. The number of fused-ring (bicyclic) bond motifs is 12. The summed E-state index contributed by atoms with van der Waals surface area (Å²) in [6.07, 6.45) is 0. The van der Waals surface area contributed by atoms with Gasteiger partial charge in [-0.15, -0.1) is 0 Å². The van der Waals surface area contributed by atoms with Crippen LogP contribution in [0.15, 0.2) is 174 Å². The Kier molecular flexibility index (Phi) is 5.44. The fourth-order valence-corrected chi connectivity index (χ4v) is 8.66. The van der Waals surface area contributed by atoms with Gasteiger partial charge in [0.1, 0.15) is 11.4 Å². The molecule has 52 heavy (non-hydrogen) atoms. The molecule has 12 aromatic rings. The fraction of sp³-hybridized carbons (Fsp3) is 0.